The van der Waals surface area contributed by atoms with Crippen molar-refractivity contribution in [2.24, 2.45) is 0 Å². The topological polar surface area (TPSA) is 52.7 Å². The number of nitrogen functional groups attached to an aromatic ring is 1. The van der Waals surface area contributed by atoms with Gasteiger partial charge in [0.15, 0.2) is 0 Å². The maximum Gasteiger partial charge on any atom is 0.119 e. The molecule has 3 aromatic rings. The van der Waals surface area contributed by atoms with Gasteiger partial charge in [-0.2, -0.15) is 0 Å². The maximum atomic E-state index is 6.78. The molecule has 0 bridgehead atoms. The molecular weight excluding hydrogens is 434 g/mol. The zero-order chi connectivity index (χ0) is 24.6. The monoisotopic (exact) mass is 477 g/mol. The Kier molecular flexibility index (Phi) is 9.11. The number of fused-ring (bicyclic) bond motifs is 1. The zero-order valence-electron chi connectivity index (χ0n) is 21.9. The molecule has 5 heteroatoms. The van der Waals surface area contributed by atoms with Gasteiger partial charge in [0.25, 0.3) is 0 Å². The predicted molar refractivity (Wildman–Crippen MR) is 146 cm³/mol. The van der Waals surface area contributed by atoms with E-state index in [4.69, 9.17) is 15.3 Å². The van der Waals surface area contributed by atoms with Crippen LogP contribution in [0.2, 0.25) is 0 Å². The van der Waals surface area contributed by atoms with Crippen LogP contribution in [0.4, 0.5) is 0 Å². The summed E-state index contributed by atoms with van der Waals surface area (Å²) >= 11 is 0. The molecule has 1 fully saturated rings. The molecule has 2 aromatic carbocycles. The zero-order valence-corrected chi connectivity index (χ0v) is 21.9. The second-order valence-electron chi connectivity index (χ2n) is 9.92. The minimum absolute atomic E-state index is 0.282. The summed E-state index contributed by atoms with van der Waals surface area (Å²) in [5.74, 6) is 8.01. The van der Waals surface area contributed by atoms with Crippen LogP contribution >= 0.6 is 0 Å². The van der Waals surface area contributed by atoms with Crippen LogP contribution in [0.15, 0.2) is 42.5 Å². The highest BCUT2D eigenvalue weighted by Gasteiger charge is 2.24. The summed E-state index contributed by atoms with van der Waals surface area (Å²) in [6.45, 7) is 12.3. The predicted octanol–water partition coefficient (Wildman–Crippen LogP) is 6.04. The number of aryl methyl sites for hydroxylation is 2. The molecule has 1 unspecified atom stereocenters. The molecule has 2 heterocycles. The third-order valence-corrected chi connectivity index (χ3v) is 7.26. The van der Waals surface area contributed by atoms with E-state index in [0.29, 0.717) is 0 Å². The van der Waals surface area contributed by atoms with E-state index in [1.165, 1.54) is 40.6 Å². The molecule has 0 amide bonds. The molecule has 2 N–H and O–H groups in total. The smallest absolute Gasteiger partial charge is 0.119 e. The number of aromatic nitrogens is 1. The van der Waals surface area contributed by atoms with E-state index in [0.717, 1.165) is 76.4 Å². The van der Waals surface area contributed by atoms with Crippen LogP contribution in [0.1, 0.15) is 74.3 Å². The maximum absolute atomic E-state index is 6.78. The molecule has 1 aliphatic heterocycles. The normalized spacial score (nSPS) is 15.5. The van der Waals surface area contributed by atoms with E-state index in [2.05, 4.69) is 68.1 Å². The van der Waals surface area contributed by atoms with Crippen molar-refractivity contribution < 1.29 is 9.47 Å². The van der Waals surface area contributed by atoms with E-state index in [1.54, 1.807) is 0 Å². The Morgan fingerprint density at radius 1 is 1.00 bits per heavy atom. The van der Waals surface area contributed by atoms with Gasteiger partial charge in [0.1, 0.15) is 5.75 Å². The largest absolute Gasteiger partial charge is 0.494 e. The number of ether oxygens (including phenoxy) is 2. The highest BCUT2D eigenvalue weighted by Crippen LogP contribution is 2.38. The van der Waals surface area contributed by atoms with Crippen molar-refractivity contribution in [2.75, 3.05) is 45.3 Å². The van der Waals surface area contributed by atoms with Gasteiger partial charge < -0.3 is 15.3 Å². The lowest BCUT2D eigenvalue weighted by Crippen LogP contribution is -2.37. The van der Waals surface area contributed by atoms with Crippen molar-refractivity contribution in [1.29, 1.82) is 0 Å². The van der Waals surface area contributed by atoms with Gasteiger partial charge in [0, 0.05) is 30.9 Å². The van der Waals surface area contributed by atoms with E-state index >= 15 is 0 Å². The standard InChI is InChI=1S/C30H43N3O2/c1-4-6-9-26(30-27(8-5-2)28-22-23(3)10-15-29(28)33(30)31)24-11-13-25(14-12-24)35-19-7-16-32-17-20-34-21-18-32/h10-15,22,26H,4-9,16-21,31H2,1-3H3. The molecule has 5 nitrogen and oxygen atoms in total. The molecule has 0 spiro atoms. The first-order valence-electron chi connectivity index (χ1n) is 13.5. The van der Waals surface area contributed by atoms with Crippen molar-refractivity contribution >= 4 is 10.9 Å². The van der Waals surface area contributed by atoms with E-state index < -0.39 is 0 Å². The van der Waals surface area contributed by atoms with Crippen LogP contribution in [0.5, 0.6) is 5.75 Å². The third kappa shape index (κ3) is 6.20. The highest BCUT2D eigenvalue weighted by molar-refractivity contribution is 5.87. The summed E-state index contributed by atoms with van der Waals surface area (Å²) in [5, 5.41) is 1.31. The minimum Gasteiger partial charge on any atom is -0.494 e. The van der Waals surface area contributed by atoms with E-state index in [9.17, 15) is 0 Å². The van der Waals surface area contributed by atoms with Crippen LogP contribution < -0.4 is 10.6 Å². The lowest BCUT2D eigenvalue weighted by Gasteiger charge is -2.26. The summed E-state index contributed by atoms with van der Waals surface area (Å²) in [4.78, 5) is 2.45. The van der Waals surface area contributed by atoms with Gasteiger partial charge in [0.05, 0.1) is 31.0 Å². The molecule has 1 saturated heterocycles. The lowest BCUT2D eigenvalue weighted by atomic mass is 9.87. The van der Waals surface area contributed by atoms with Gasteiger partial charge in [-0.15, -0.1) is 0 Å². The lowest BCUT2D eigenvalue weighted by molar-refractivity contribution is 0.0358. The highest BCUT2D eigenvalue weighted by atomic mass is 16.5. The molecule has 1 aromatic heterocycles. The minimum atomic E-state index is 0.282. The second kappa shape index (κ2) is 12.5. The molecule has 0 radical (unpaired) electrons. The Balaban J connectivity index is 1.52. The van der Waals surface area contributed by atoms with Crippen molar-refractivity contribution in [2.45, 2.75) is 65.2 Å². The van der Waals surface area contributed by atoms with Gasteiger partial charge in [-0.3, -0.25) is 9.58 Å². The number of unbranched alkanes of at least 4 members (excludes halogenated alkanes) is 1. The first kappa shape index (κ1) is 25.6. The van der Waals surface area contributed by atoms with Crippen LogP contribution in [0.3, 0.4) is 0 Å². The fourth-order valence-corrected chi connectivity index (χ4v) is 5.37. The molecule has 0 aliphatic carbocycles. The van der Waals surface area contributed by atoms with E-state index in [1.807, 2.05) is 4.68 Å². The van der Waals surface area contributed by atoms with E-state index in [-0.39, 0.29) is 5.92 Å². The fourth-order valence-electron chi connectivity index (χ4n) is 5.37. The van der Waals surface area contributed by atoms with Crippen molar-refractivity contribution in [1.82, 2.24) is 9.58 Å². The number of nitrogens with two attached hydrogens (primary N) is 1. The molecule has 35 heavy (non-hydrogen) atoms. The summed E-state index contributed by atoms with van der Waals surface area (Å²) in [5.41, 5.74) is 6.43. The number of rotatable bonds is 12. The number of nitrogens with zero attached hydrogens (tertiary/aromatic N) is 2. The van der Waals surface area contributed by atoms with Gasteiger partial charge >= 0.3 is 0 Å². The van der Waals surface area contributed by atoms with Gasteiger partial charge in [-0.25, -0.2) is 0 Å². The Bertz CT molecular complexity index is 1070. The van der Waals surface area contributed by atoms with Gasteiger partial charge in [-0.05, 0) is 61.6 Å². The number of hydrogen-bond acceptors (Lipinski definition) is 4. The van der Waals surface area contributed by atoms with Gasteiger partial charge in [-0.1, -0.05) is 56.9 Å². The molecular formula is C30H43N3O2. The first-order chi connectivity index (χ1) is 17.1. The van der Waals surface area contributed by atoms with Crippen LogP contribution in [0, 0.1) is 6.92 Å². The number of morpholine rings is 1. The van der Waals surface area contributed by atoms with Crippen LogP contribution in [-0.4, -0.2) is 49.0 Å². The first-order valence-corrected chi connectivity index (χ1v) is 13.5. The summed E-state index contributed by atoms with van der Waals surface area (Å²) < 4.78 is 13.5. The van der Waals surface area contributed by atoms with Crippen molar-refractivity contribution in [3.05, 3.63) is 64.8 Å². The fraction of sp³-hybridized carbons (Fsp3) is 0.533. The molecule has 4 rings (SSSR count). The summed E-state index contributed by atoms with van der Waals surface area (Å²) in [6.07, 6.45) is 6.64. The molecule has 190 valence electrons. The SMILES string of the molecule is CCCCC(c1ccc(OCCCN2CCOCC2)cc1)c1c(CCC)c2cc(C)ccc2n1N. The van der Waals surface area contributed by atoms with Crippen LogP contribution in [0.25, 0.3) is 10.9 Å². The quantitative estimate of drug-likeness (QED) is 0.255. The molecule has 0 saturated carbocycles. The van der Waals surface area contributed by atoms with Gasteiger partial charge in [0.2, 0.25) is 0 Å². The summed E-state index contributed by atoms with van der Waals surface area (Å²) in [7, 11) is 0. The Morgan fingerprint density at radius 2 is 1.77 bits per heavy atom. The second-order valence-corrected chi connectivity index (χ2v) is 9.92. The Hall–Kier alpha value is -2.50. The molecule has 1 atom stereocenters. The molecule has 1 aliphatic rings. The average molecular weight is 478 g/mol. The van der Waals surface area contributed by atoms with Crippen molar-refractivity contribution in [3.63, 3.8) is 0 Å². The summed E-state index contributed by atoms with van der Waals surface area (Å²) in [6, 6.07) is 15.4. The third-order valence-electron chi connectivity index (χ3n) is 7.26. The Labute approximate surface area is 211 Å². The number of hydrogen-bond donors (Lipinski definition) is 1. The van der Waals surface area contributed by atoms with Crippen molar-refractivity contribution in [3.8, 4) is 5.75 Å². The number of benzene rings is 2. The Morgan fingerprint density at radius 3 is 2.49 bits per heavy atom. The van der Waals surface area contributed by atoms with Crippen LogP contribution in [-0.2, 0) is 11.2 Å². The average Bonchev–Trinajstić information content (AvgIpc) is 3.14.